The molecule has 2 atom stereocenters. The van der Waals surface area contributed by atoms with E-state index >= 15 is 0 Å². The number of hydrogen-bond donors (Lipinski definition) is 2. The Bertz CT molecular complexity index is 2380. The molecule has 4 heterocycles. The number of benzene rings is 4. The molecule has 0 spiro atoms. The molecule has 1 fully saturated rings. The predicted molar refractivity (Wildman–Crippen MR) is 205 cm³/mol. The van der Waals surface area contributed by atoms with Gasteiger partial charge in [0, 0.05) is 49.7 Å². The number of nitrogens with one attached hydrogen (secondary N) is 2. The summed E-state index contributed by atoms with van der Waals surface area (Å²) in [6, 6.07) is 34.1. The van der Waals surface area contributed by atoms with Crippen LogP contribution in [0.25, 0.3) is 38.8 Å². The highest BCUT2D eigenvalue weighted by Gasteiger charge is 2.37. The Balaban J connectivity index is 1.02. The lowest BCUT2D eigenvalue weighted by atomic mass is 10.1. The van der Waals surface area contributed by atoms with Gasteiger partial charge in [-0.15, -0.1) is 0 Å². The average molecular weight is 704 g/mol. The Morgan fingerprint density at radius 2 is 1.66 bits per heavy atom. The van der Waals surface area contributed by atoms with Crippen LogP contribution in [-0.4, -0.2) is 78.1 Å². The summed E-state index contributed by atoms with van der Waals surface area (Å²) in [6.45, 7) is 2.98. The number of ether oxygens (including phenoxy) is 1. The van der Waals surface area contributed by atoms with Crippen molar-refractivity contribution in [2.75, 3.05) is 30.3 Å². The van der Waals surface area contributed by atoms with Crippen LogP contribution in [0.1, 0.15) is 12.5 Å². The molecule has 0 radical (unpaired) electrons. The molecule has 1 aliphatic heterocycles. The van der Waals surface area contributed by atoms with Crippen molar-refractivity contribution in [3.8, 4) is 16.9 Å². The zero-order valence-corrected chi connectivity index (χ0v) is 29.0. The fraction of sp³-hybridized carbons (Fsp3) is 0.171. The third-order valence-electron chi connectivity index (χ3n) is 9.56. The average Bonchev–Trinajstić information content (AvgIpc) is 3.64. The Hall–Kier alpha value is -6.82. The van der Waals surface area contributed by atoms with Gasteiger partial charge in [0.15, 0.2) is 0 Å². The third kappa shape index (κ3) is 7.20. The number of amides is 3. The van der Waals surface area contributed by atoms with E-state index in [-0.39, 0.29) is 31.8 Å². The van der Waals surface area contributed by atoms with E-state index in [0.29, 0.717) is 18.3 Å². The number of pyridine rings is 1. The fourth-order valence-corrected chi connectivity index (χ4v) is 6.75. The summed E-state index contributed by atoms with van der Waals surface area (Å²) in [5.74, 6) is 1.01. The van der Waals surface area contributed by atoms with Crippen molar-refractivity contribution >= 4 is 45.6 Å². The molecule has 3 amide bonds. The molecule has 4 aromatic carbocycles. The first-order valence-electron chi connectivity index (χ1n) is 17.5. The number of fused-ring (bicyclic) bond motifs is 2. The van der Waals surface area contributed by atoms with E-state index in [2.05, 4.69) is 31.7 Å². The Kier molecular flexibility index (Phi) is 9.31. The molecule has 0 aliphatic carbocycles. The number of aromatic nitrogens is 5. The van der Waals surface area contributed by atoms with Gasteiger partial charge < -0.3 is 20.3 Å². The number of urea groups is 1. The third-order valence-corrected chi connectivity index (χ3v) is 9.56. The molecule has 8 rings (SSSR count). The van der Waals surface area contributed by atoms with E-state index in [1.165, 1.54) is 0 Å². The number of piperazine rings is 1. The van der Waals surface area contributed by atoms with Gasteiger partial charge in [-0.25, -0.2) is 19.6 Å². The van der Waals surface area contributed by atoms with E-state index in [1.807, 2.05) is 115 Å². The number of anilines is 2. The summed E-state index contributed by atoms with van der Waals surface area (Å²) in [6.07, 6.45) is 6.52. The summed E-state index contributed by atoms with van der Waals surface area (Å²) < 4.78 is 7.69. The molecule has 0 saturated carbocycles. The maximum Gasteiger partial charge on any atom is 0.410 e. The van der Waals surface area contributed by atoms with Gasteiger partial charge >= 0.3 is 12.1 Å². The zero-order valence-electron chi connectivity index (χ0n) is 29.0. The number of carbonyl (C=O) groups excluding carboxylic acids is 2. The second-order valence-corrected chi connectivity index (χ2v) is 12.9. The summed E-state index contributed by atoms with van der Waals surface area (Å²) in [4.78, 5) is 48.9. The summed E-state index contributed by atoms with van der Waals surface area (Å²) in [5.41, 5.74) is 5.45. The SMILES string of the molecule is C[C@H](Nc1nccc(-n2cnc3cc(-c4ccncc4)ccc32)n1)[C@@H]1CN(C(=O)Nc2cccc3ccccc23)CCN1C(=O)OCc1ccccc1. The quantitative estimate of drug-likeness (QED) is 0.168. The predicted octanol–water partition coefficient (Wildman–Crippen LogP) is 7.39. The molecule has 0 bridgehead atoms. The molecule has 0 unspecified atom stereocenters. The van der Waals surface area contributed by atoms with Gasteiger partial charge in [0.05, 0.1) is 22.8 Å². The summed E-state index contributed by atoms with van der Waals surface area (Å²) in [5, 5.41) is 8.50. The number of carbonyl (C=O) groups is 2. The molecule has 264 valence electrons. The lowest BCUT2D eigenvalue weighted by Crippen LogP contribution is -2.61. The van der Waals surface area contributed by atoms with E-state index in [1.54, 1.807) is 34.7 Å². The van der Waals surface area contributed by atoms with Gasteiger partial charge in [-0.05, 0) is 65.4 Å². The number of rotatable bonds is 8. The maximum atomic E-state index is 13.7. The first-order valence-corrected chi connectivity index (χ1v) is 17.5. The van der Waals surface area contributed by atoms with Gasteiger partial charge in [0.1, 0.15) is 18.8 Å². The highest BCUT2D eigenvalue weighted by molar-refractivity contribution is 6.01. The minimum Gasteiger partial charge on any atom is -0.445 e. The van der Waals surface area contributed by atoms with Crippen molar-refractivity contribution in [3.63, 3.8) is 0 Å². The van der Waals surface area contributed by atoms with Crippen LogP contribution in [0.3, 0.4) is 0 Å². The molecular weight excluding hydrogens is 667 g/mol. The molecule has 2 N–H and O–H groups in total. The number of imidazole rings is 1. The minimum atomic E-state index is -0.460. The molecule has 1 saturated heterocycles. The largest absolute Gasteiger partial charge is 0.445 e. The van der Waals surface area contributed by atoms with Crippen molar-refractivity contribution in [3.05, 3.63) is 140 Å². The van der Waals surface area contributed by atoms with Gasteiger partial charge in [-0.3, -0.25) is 14.5 Å². The van der Waals surface area contributed by atoms with Crippen molar-refractivity contribution in [1.82, 2.24) is 34.3 Å². The fourth-order valence-electron chi connectivity index (χ4n) is 6.75. The summed E-state index contributed by atoms with van der Waals surface area (Å²) in [7, 11) is 0. The van der Waals surface area contributed by atoms with Crippen molar-refractivity contribution in [2.24, 2.45) is 0 Å². The molecule has 53 heavy (non-hydrogen) atoms. The van der Waals surface area contributed by atoms with Crippen LogP contribution in [0.4, 0.5) is 21.2 Å². The van der Waals surface area contributed by atoms with Crippen LogP contribution in [0.15, 0.2) is 134 Å². The Labute approximate surface area is 306 Å². The van der Waals surface area contributed by atoms with Gasteiger partial charge in [-0.2, -0.15) is 4.98 Å². The van der Waals surface area contributed by atoms with E-state index in [9.17, 15) is 9.59 Å². The van der Waals surface area contributed by atoms with Gasteiger partial charge in [0.2, 0.25) is 5.95 Å². The maximum absolute atomic E-state index is 13.7. The number of hydrogen-bond acceptors (Lipinski definition) is 8. The highest BCUT2D eigenvalue weighted by atomic mass is 16.6. The van der Waals surface area contributed by atoms with Gasteiger partial charge in [-0.1, -0.05) is 72.8 Å². The van der Waals surface area contributed by atoms with Crippen LogP contribution in [0.2, 0.25) is 0 Å². The van der Waals surface area contributed by atoms with E-state index in [4.69, 9.17) is 9.72 Å². The lowest BCUT2D eigenvalue weighted by Gasteiger charge is -2.43. The monoisotopic (exact) mass is 703 g/mol. The molecule has 12 heteroatoms. The standard InChI is InChI=1S/C41H37N9O3/c1-28(45-39-43-21-18-38(47-39)50-27-44-35-24-32(14-15-36(35)50)30-16-19-42-20-17-30)37-25-48(22-23-49(37)41(52)53-26-29-8-3-2-4-9-29)40(51)46-34-13-7-11-31-10-5-6-12-33(31)34/h2-21,24,27-28,37H,22-23,25-26H2,1H3,(H,46,51)(H,43,45,47)/t28-,37-/m0/s1. The normalized spacial score (nSPS) is 14.9. The van der Waals surface area contributed by atoms with Crippen LogP contribution < -0.4 is 10.6 Å². The van der Waals surface area contributed by atoms with E-state index < -0.39 is 12.1 Å². The van der Waals surface area contributed by atoms with Crippen molar-refractivity contribution in [2.45, 2.75) is 25.6 Å². The number of nitrogens with zero attached hydrogens (tertiary/aromatic N) is 7. The van der Waals surface area contributed by atoms with Crippen molar-refractivity contribution < 1.29 is 14.3 Å². The minimum absolute atomic E-state index is 0.143. The Morgan fingerprint density at radius 3 is 2.53 bits per heavy atom. The highest BCUT2D eigenvalue weighted by Crippen LogP contribution is 2.27. The van der Waals surface area contributed by atoms with Crippen LogP contribution in [-0.2, 0) is 11.3 Å². The smallest absolute Gasteiger partial charge is 0.410 e. The van der Waals surface area contributed by atoms with Crippen molar-refractivity contribution in [1.29, 1.82) is 0 Å². The second-order valence-electron chi connectivity index (χ2n) is 12.9. The van der Waals surface area contributed by atoms with Gasteiger partial charge in [0.25, 0.3) is 0 Å². The molecular formula is C41H37N9O3. The molecule has 7 aromatic rings. The van der Waals surface area contributed by atoms with E-state index in [0.717, 1.165) is 44.2 Å². The van der Waals surface area contributed by atoms with Crippen LogP contribution in [0, 0.1) is 0 Å². The molecule has 1 aliphatic rings. The summed E-state index contributed by atoms with van der Waals surface area (Å²) >= 11 is 0. The molecule has 12 nitrogen and oxygen atoms in total. The Morgan fingerprint density at radius 1 is 0.849 bits per heavy atom. The lowest BCUT2D eigenvalue weighted by molar-refractivity contribution is 0.0484. The van der Waals surface area contributed by atoms with Crippen LogP contribution >= 0.6 is 0 Å². The first kappa shape index (κ1) is 33.3. The van der Waals surface area contributed by atoms with Crippen LogP contribution in [0.5, 0.6) is 0 Å². The first-order chi connectivity index (χ1) is 26.0. The zero-order chi connectivity index (χ0) is 36.1. The topological polar surface area (TPSA) is 130 Å². The molecule has 3 aromatic heterocycles. The second kappa shape index (κ2) is 14.8.